The predicted octanol–water partition coefficient (Wildman–Crippen LogP) is 2.30. The van der Waals surface area contributed by atoms with Crippen molar-refractivity contribution in [1.29, 1.82) is 0 Å². The van der Waals surface area contributed by atoms with Crippen molar-refractivity contribution in [2.75, 3.05) is 19.8 Å². The molecule has 3 nitrogen and oxygen atoms in total. The molecule has 0 fully saturated rings. The Labute approximate surface area is 96.0 Å². The summed E-state index contributed by atoms with van der Waals surface area (Å²) in [5.41, 5.74) is 0.872. The van der Waals surface area contributed by atoms with Gasteiger partial charge in [0.25, 0.3) is 0 Å². The highest BCUT2D eigenvalue weighted by atomic mass is 19.1. The largest absolute Gasteiger partial charge is 0.382 e. The molecule has 90 valence electrons. The van der Waals surface area contributed by atoms with Gasteiger partial charge in [0.2, 0.25) is 0 Å². The molecule has 0 saturated carbocycles. The zero-order chi connectivity index (χ0) is 11.8. The molecule has 0 spiro atoms. The van der Waals surface area contributed by atoms with Crippen LogP contribution in [0.3, 0.4) is 0 Å². The number of ether oxygens (including phenoxy) is 1. The van der Waals surface area contributed by atoms with Gasteiger partial charge in [-0.2, -0.15) is 0 Å². The van der Waals surface area contributed by atoms with Crippen LogP contribution in [0, 0.1) is 5.82 Å². The molecule has 1 aromatic heterocycles. The molecule has 1 N–H and O–H groups in total. The van der Waals surface area contributed by atoms with Crippen LogP contribution in [0.2, 0.25) is 0 Å². The fourth-order valence-electron chi connectivity index (χ4n) is 1.42. The third kappa shape index (κ3) is 4.68. The van der Waals surface area contributed by atoms with Crippen LogP contribution in [0.4, 0.5) is 4.39 Å². The van der Waals surface area contributed by atoms with Crippen molar-refractivity contribution < 1.29 is 9.13 Å². The average Bonchev–Trinajstić information content (AvgIpc) is 2.28. The van der Waals surface area contributed by atoms with E-state index in [1.807, 2.05) is 13.8 Å². The third-order valence-corrected chi connectivity index (χ3v) is 2.35. The molecule has 0 amide bonds. The molecule has 16 heavy (non-hydrogen) atoms. The van der Waals surface area contributed by atoms with Crippen LogP contribution in [0.25, 0.3) is 0 Å². The number of nitrogens with zero attached hydrogens (tertiary/aromatic N) is 1. The quantitative estimate of drug-likeness (QED) is 0.724. The van der Waals surface area contributed by atoms with Crippen LogP contribution in [0.15, 0.2) is 18.5 Å². The summed E-state index contributed by atoms with van der Waals surface area (Å²) in [5.74, 6) is -0.291. The van der Waals surface area contributed by atoms with Crippen molar-refractivity contribution in [3.8, 4) is 0 Å². The lowest BCUT2D eigenvalue weighted by atomic mass is 10.1. The topological polar surface area (TPSA) is 34.1 Å². The third-order valence-electron chi connectivity index (χ3n) is 2.35. The van der Waals surface area contributed by atoms with Gasteiger partial charge in [-0.1, -0.05) is 0 Å². The second-order valence-electron chi connectivity index (χ2n) is 3.66. The maximum absolute atomic E-state index is 12.9. The summed E-state index contributed by atoms with van der Waals surface area (Å²) in [6.07, 6.45) is 3.86. The smallest absolute Gasteiger partial charge is 0.141 e. The first-order chi connectivity index (χ1) is 7.74. The van der Waals surface area contributed by atoms with Crippen LogP contribution >= 0.6 is 0 Å². The van der Waals surface area contributed by atoms with Crippen molar-refractivity contribution >= 4 is 0 Å². The van der Waals surface area contributed by atoms with Gasteiger partial charge in [0.15, 0.2) is 0 Å². The van der Waals surface area contributed by atoms with Crippen LogP contribution in [-0.2, 0) is 4.74 Å². The zero-order valence-corrected chi connectivity index (χ0v) is 9.87. The number of halogens is 1. The lowest BCUT2D eigenvalue weighted by Gasteiger charge is -2.13. The first kappa shape index (κ1) is 13.1. The number of nitrogens with one attached hydrogen (secondary N) is 1. The van der Waals surface area contributed by atoms with E-state index >= 15 is 0 Å². The van der Waals surface area contributed by atoms with Crippen LogP contribution in [-0.4, -0.2) is 24.7 Å². The second kappa shape index (κ2) is 7.30. The number of aromatic nitrogens is 1. The Balaban J connectivity index is 2.27. The average molecular weight is 226 g/mol. The predicted molar refractivity (Wildman–Crippen MR) is 61.7 cm³/mol. The lowest BCUT2D eigenvalue weighted by molar-refractivity contribution is 0.144. The molecular formula is C12H19FN2O. The summed E-state index contributed by atoms with van der Waals surface area (Å²) < 4.78 is 18.1. The monoisotopic (exact) mass is 226 g/mol. The van der Waals surface area contributed by atoms with Gasteiger partial charge < -0.3 is 10.1 Å². The van der Waals surface area contributed by atoms with Gasteiger partial charge in [0.05, 0.1) is 6.20 Å². The van der Waals surface area contributed by atoms with E-state index in [1.54, 1.807) is 6.20 Å². The molecule has 0 aromatic carbocycles. The summed E-state index contributed by atoms with van der Waals surface area (Å²) in [4.78, 5) is 3.82. The second-order valence-corrected chi connectivity index (χ2v) is 3.66. The Morgan fingerprint density at radius 2 is 2.31 bits per heavy atom. The summed E-state index contributed by atoms with van der Waals surface area (Å²) >= 11 is 0. The Morgan fingerprint density at radius 3 is 3.00 bits per heavy atom. The van der Waals surface area contributed by atoms with Crippen LogP contribution < -0.4 is 5.32 Å². The summed E-state index contributed by atoms with van der Waals surface area (Å²) in [7, 11) is 0. The van der Waals surface area contributed by atoms with Gasteiger partial charge in [-0.05, 0) is 38.4 Å². The van der Waals surface area contributed by atoms with Gasteiger partial charge >= 0.3 is 0 Å². The highest BCUT2D eigenvalue weighted by molar-refractivity contribution is 5.13. The molecule has 0 aliphatic heterocycles. The Kier molecular flexibility index (Phi) is 5.96. The van der Waals surface area contributed by atoms with E-state index < -0.39 is 0 Å². The van der Waals surface area contributed by atoms with Crippen molar-refractivity contribution in [2.45, 2.75) is 26.3 Å². The number of pyridine rings is 1. The molecule has 1 unspecified atom stereocenters. The van der Waals surface area contributed by atoms with Crippen molar-refractivity contribution in [2.24, 2.45) is 0 Å². The molecule has 0 radical (unpaired) electrons. The molecule has 0 saturated heterocycles. The summed E-state index contributed by atoms with van der Waals surface area (Å²) in [6, 6.07) is 1.62. The number of hydrogen-bond donors (Lipinski definition) is 1. The fourth-order valence-corrected chi connectivity index (χ4v) is 1.42. The lowest BCUT2D eigenvalue weighted by Crippen LogP contribution is -2.21. The standard InChI is InChI=1S/C12H19FN2O/c1-3-16-6-4-5-15-10(2)11-7-12(13)9-14-8-11/h7-10,15H,3-6H2,1-2H3. The minimum Gasteiger partial charge on any atom is -0.382 e. The Bertz CT molecular complexity index is 307. The van der Waals surface area contributed by atoms with Crippen molar-refractivity contribution in [3.63, 3.8) is 0 Å². The van der Waals surface area contributed by atoms with Crippen molar-refractivity contribution in [3.05, 3.63) is 29.8 Å². The maximum atomic E-state index is 12.9. The van der Waals surface area contributed by atoms with Crippen molar-refractivity contribution in [1.82, 2.24) is 10.3 Å². The molecule has 0 aliphatic carbocycles. The van der Waals surface area contributed by atoms with Gasteiger partial charge in [0.1, 0.15) is 5.82 Å². The van der Waals surface area contributed by atoms with Crippen LogP contribution in [0.1, 0.15) is 31.9 Å². The first-order valence-electron chi connectivity index (χ1n) is 5.65. The fraction of sp³-hybridized carbons (Fsp3) is 0.583. The molecule has 0 bridgehead atoms. The summed E-state index contributed by atoms with van der Waals surface area (Å²) in [6.45, 7) is 6.35. The molecule has 4 heteroatoms. The minimum atomic E-state index is -0.291. The Hall–Kier alpha value is -1.00. The van der Waals surface area contributed by atoms with Gasteiger partial charge in [-0.15, -0.1) is 0 Å². The van der Waals surface area contributed by atoms with Crippen LogP contribution in [0.5, 0.6) is 0 Å². The van der Waals surface area contributed by atoms with Gasteiger partial charge in [0, 0.05) is 25.5 Å². The van der Waals surface area contributed by atoms with E-state index in [-0.39, 0.29) is 11.9 Å². The molecule has 1 atom stereocenters. The highest BCUT2D eigenvalue weighted by Crippen LogP contribution is 2.11. The normalized spacial score (nSPS) is 12.7. The molecule has 1 heterocycles. The molecule has 0 aliphatic rings. The van der Waals surface area contributed by atoms with E-state index in [0.29, 0.717) is 0 Å². The molecule has 1 rings (SSSR count). The van der Waals surface area contributed by atoms with E-state index in [1.165, 1.54) is 12.3 Å². The van der Waals surface area contributed by atoms with E-state index in [9.17, 15) is 4.39 Å². The number of hydrogen-bond acceptors (Lipinski definition) is 3. The summed E-state index contributed by atoms with van der Waals surface area (Å²) in [5, 5.41) is 3.30. The van der Waals surface area contributed by atoms with Gasteiger partial charge in [-0.3, -0.25) is 4.98 Å². The zero-order valence-electron chi connectivity index (χ0n) is 9.87. The molecule has 1 aromatic rings. The van der Waals surface area contributed by atoms with E-state index in [4.69, 9.17) is 4.74 Å². The highest BCUT2D eigenvalue weighted by Gasteiger charge is 2.05. The van der Waals surface area contributed by atoms with Gasteiger partial charge in [-0.25, -0.2) is 4.39 Å². The Morgan fingerprint density at radius 1 is 1.50 bits per heavy atom. The van der Waals surface area contributed by atoms with E-state index in [0.717, 1.165) is 31.7 Å². The SMILES string of the molecule is CCOCCCNC(C)c1cncc(F)c1. The number of rotatable bonds is 7. The maximum Gasteiger partial charge on any atom is 0.141 e. The first-order valence-corrected chi connectivity index (χ1v) is 5.65. The van der Waals surface area contributed by atoms with E-state index in [2.05, 4.69) is 10.3 Å². The minimum absolute atomic E-state index is 0.116. The molecular weight excluding hydrogens is 207 g/mol.